The van der Waals surface area contributed by atoms with Gasteiger partial charge in [-0.05, 0) is 24.6 Å². The Morgan fingerprint density at radius 3 is 3.45 bits per heavy atom. The number of fused-ring (bicyclic) bond motifs is 1. The summed E-state index contributed by atoms with van der Waals surface area (Å²) in [6, 6.07) is 0. The standard InChI is InChI=1S/C7H10N4/c1-2-7-6(4-8-3-1)5-9-11-10-7/h5,8H,1-4H2. The SMILES string of the molecule is c1nnnc2c1CNCCC2. The van der Waals surface area contributed by atoms with Gasteiger partial charge in [-0.25, -0.2) is 0 Å². The molecule has 1 aliphatic heterocycles. The monoisotopic (exact) mass is 150 g/mol. The Morgan fingerprint density at radius 2 is 2.45 bits per heavy atom. The lowest BCUT2D eigenvalue weighted by Crippen LogP contribution is -2.12. The van der Waals surface area contributed by atoms with Gasteiger partial charge in [-0.2, -0.15) is 0 Å². The molecule has 0 aliphatic carbocycles. The van der Waals surface area contributed by atoms with E-state index in [0.717, 1.165) is 31.6 Å². The van der Waals surface area contributed by atoms with Gasteiger partial charge in [0.2, 0.25) is 0 Å². The van der Waals surface area contributed by atoms with Crippen molar-refractivity contribution in [2.75, 3.05) is 6.54 Å². The summed E-state index contributed by atoms with van der Waals surface area (Å²) >= 11 is 0. The topological polar surface area (TPSA) is 50.7 Å². The summed E-state index contributed by atoms with van der Waals surface area (Å²) in [6.07, 6.45) is 3.96. The average Bonchev–Trinajstić information content (AvgIpc) is 2.28. The van der Waals surface area contributed by atoms with Gasteiger partial charge >= 0.3 is 0 Å². The summed E-state index contributed by atoms with van der Waals surface area (Å²) in [5.74, 6) is 0. The smallest absolute Gasteiger partial charge is 0.0710 e. The van der Waals surface area contributed by atoms with E-state index in [1.807, 2.05) is 0 Å². The van der Waals surface area contributed by atoms with Crippen LogP contribution >= 0.6 is 0 Å². The Kier molecular flexibility index (Phi) is 1.77. The predicted octanol–water partition coefficient (Wildman–Crippen LogP) is -0.0926. The van der Waals surface area contributed by atoms with Crippen LogP contribution in [0.15, 0.2) is 6.20 Å². The first-order chi connectivity index (χ1) is 5.47. The predicted molar refractivity (Wildman–Crippen MR) is 39.9 cm³/mol. The number of nitrogens with zero attached hydrogens (tertiary/aromatic N) is 3. The molecule has 0 spiro atoms. The van der Waals surface area contributed by atoms with Gasteiger partial charge in [-0.3, -0.25) is 0 Å². The van der Waals surface area contributed by atoms with Crippen molar-refractivity contribution in [2.45, 2.75) is 19.4 Å². The highest BCUT2D eigenvalue weighted by Gasteiger charge is 2.07. The van der Waals surface area contributed by atoms with E-state index in [9.17, 15) is 0 Å². The molecule has 0 atom stereocenters. The Labute approximate surface area is 65.0 Å². The molecular weight excluding hydrogens is 140 g/mol. The average molecular weight is 150 g/mol. The highest BCUT2D eigenvalue weighted by atomic mass is 15.3. The molecule has 1 aliphatic rings. The van der Waals surface area contributed by atoms with Crippen LogP contribution in [-0.4, -0.2) is 22.0 Å². The molecule has 1 N–H and O–H groups in total. The molecule has 0 saturated carbocycles. The van der Waals surface area contributed by atoms with Gasteiger partial charge in [-0.1, -0.05) is 0 Å². The number of nitrogens with one attached hydrogen (secondary N) is 1. The minimum Gasteiger partial charge on any atom is -0.313 e. The second-order valence-corrected chi connectivity index (χ2v) is 2.69. The fourth-order valence-corrected chi connectivity index (χ4v) is 1.28. The van der Waals surface area contributed by atoms with E-state index >= 15 is 0 Å². The Balaban J connectivity index is 2.33. The molecule has 0 saturated heterocycles. The molecule has 1 aromatic rings. The zero-order valence-electron chi connectivity index (χ0n) is 6.25. The first-order valence-corrected chi connectivity index (χ1v) is 3.83. The van der Waals surface area contributed by atoms with Gasteiger partial charge in [0.05, 0.1) is 11.9 Å². The fraction of sp³-hybridized carbons (Fsp3) is 0.571. The van der Waals surface area contributed by atoms with Gasteiger partial charge in [0.15, 0.2) is 0 Å². The third-order valence-corrected chi connectivity index (χ3v) is 1.88. The zero-order chi connectivity index (χ0) is 7.52. The van der Waals surface area contributed by atoms with Crippen molar-refractivity contribution in [2.24, 2.45) is 0 Å². The lowest BCUT2D eigenvalue weighted by atomic mass is 10.2. The molecule has 0 aromatic carbocycles. The second kappa shape index (κ2) is 2.92. The zero-order valence-corrected chi connectivity index (χ0v) is 6.25. The second-order valence-electron chi connectivity index (χ2n) is 2.69. The van der Waals surface area contributed by atoms with Crippen LogP contribution in [0.4, 0.5) is 0 Å². The van der Waals surface area contributed by atoms with Crippen LogP contribution in [-0.2, 0) is 13.0 Å². The number of hydrogen-bond acceptors (Lipinski definition) is 4. The molecule has 4 nitrogen and oxygen atoms in total. The van der Waals surface area contributed by atoms with E-state index in [1.54, 1.807) is 6.20 Å². The molecule has 0 bridgehead atoms. The van der Waals surface area contributed by atoms with Gasteiger partial charge in [0.1, 0.15) is 0 Å². The van der Waals surface area contributed by atoms with Crippen molar-refractivity contribution in [3.8, 4) is 0 Å². The minimum absolute atomic E-state index is 0.887. The molecular formula is C7H10N4. The van der Waals surface area contributed by atoms with Crippen molar-refractivity contribution in [1.29, 1.82) is 0 Å². The number of aromatic nitrogens is 3. The Hall–Kier alpha value is -1.03. The van der Waals surface area contributed by atoms with E-state index in [-0.39, 0.29) is 0 Å². The van der Waals surface area contributed by atoms with Gasteiger partial charge in [0, 0.05) is 12.1 Å². The summed E-state index contributed by atoms with van der Waals surface area (Å²) in [4.78, 5) is 0. The normalized spacial score (nSPS) is 17.1. The van der Waals surface area contributed by atoms with Crippen molar-refractivity contribution in [3.63, 3.8) is 0 Å². The van der Waals surface area contributed by atoms with Crippen molar-refractivity contribution >= 4 is 0 Å². The van der Waals surface area contributed by atoms with Crippen molar-refractivity contribution < 1.29 is 0 Å². The van der Waals surface area contributed by atoms with Crippen molar-refractivity contribution in [1.82, 2.24) is 20.7 Å². The maximum absolute atomic E-state index is 3.98. The fourth-order valence-electron chi connectivity index (χ4n) is 1.28. The van der Waals surface area contributed by atoms with Crippen LogP contribution in [0.25, 0.3) is 0 Å². The molecule has 0 fully saturated rings. The summed E-state index contributed by atoms with van der Waals surface area (Å²) < 4.78 is 0. The molecule has 2 rings (SSSR count). The largest absolute Gasteiger partial charge is 0.313 e. The van der Waals surface area contributed by atoms with Crippen LogP contribution in [0.3, 0.4) is 0 Å². The number of rotatable bonds is 0. The third-order valence-electron chi connectivity index (χ3n) is 1.88. The molecule has 0 unspecified atom stereocenters. The molecule has 1 aromatic heterocycles. The van der Waals surface area contributed by atoms with Crippen LogP contribution < -0.4 is 5.32 Å². The molecule has 0 amide bonds. The summed E-state index contributed by atoms with van der Waals surface area (Å²) in [5, 5.41) is 14.6. The maximum atomic E-state index is 3.98. The molecule has 11 heavy (non-hydrogen) atoms. The quantitative estimate of drug-likeness (QED) is 0.561. The Morgan fingerprint density at radius 1 is 1.45 bits per heavy atom. The lowest BCUT2D eigenvalue weighted by molar-refractivity contribution is 0.679. The Bertz CT molecular complexity index is 223. The maximum Gasteiger partial charge on any atom is 0.0710 e. The highest BCUT2D eigenvalue weighted by Crippen LogP contribution is 2.07. The molecule has 0 radical (unpaired) electrons. The summed E-state index contributed by atoms with van der Waals surface area (Å²) in [7, 11) is 0. The van der Waals surface area contributed by atoms with Crippen LogP contribution in [0.5, 0.6) is 0 Å². The molecule has 58 valence electrons. The van der Waals surface area contributed by atoms with Crippen LogP contribution in [0.1, 0.15) is 17.7 Å². The van der Waals surface area contributed by atoms with Gasteiger partial charge in [-0.15, -0.1) is 10.2 Å². The van der Waals surface area contributed by atoms with Crippen LogP contribution in [0.2, 0.25) is 0 Å². The highest BCUT2D eigenvalue weighted by molar-refractivity contribution is 5.15. The van der Waals surface area contributed by atoms with E-state index < -0.39 is 0 Å². The van der Waals surface area contributed by atoms with Gasteiger partial charge in [0.25, 0.3) is 0 Å². The van der Waals surface area contributed by atoms with Crippen LogP contribution in [0, 0.1) is 0 Å². The van der Waals surface area contributed by atoms with Crippen molar-refractivity contribution in [3.05, 3.63) is 17.5 Å². The van der Waals surface area contributed by atoms with E-state index in [1.165, 1.54) is 5.56 Å². The van der Waals surface area contributed by atoms with Gasteiger partial charge < -0.3 is 5.32 Å². The lowest BCUT2D eigenvalue weighted by Gasteiger charge is -1.99. The molecule has 2 heterocycles. The summed E-state index contributed by atoms with van der Waals surface area (Å²) in [5.41, 5.74) is 2.29. The van der Waals surface area contributed by atoms with E-state index in [0.29, 0.717) is 0 Å². The first kappa shape index (κ1) is 6.67. The number of aryl methyl sites for hydroxylation is 1. The van der Waals surface area contributed by atoms with E-state index in [2.05, 4.69) is 20.7 Å². The third kappa shape index (κ3) is 1.35. The first-order valence-electron chi connectivity index (χ1n) is 3.83. The minimum atomic E-state index is 0.887. The number of hydrogen-bond donors (Lipinski definition) is 1. The molecule has 4 heteroatoms. The summed E-state index contributed by atoms with van der Waals surface area (Å²) in [6.45, 7) is 1.95. The van der Waals surface area contributed by atoms with E-state index in [4.69, 9.17) is 0 Å².